The Labute approximate surface area is 185 Å². The van der Waals surface area contributed by atoms with Crippen LogP contribution in [0.1, 0.15) is 68.1 Å². The van der Waals surface area contributed by atoms with Gasteiger partial charge in [0, 0.05) is 13.0 Å². The van der Waals surface area contributed by atoms with Crippen LogP contribution in [0.25, 0.3) is 0 Å². The highest BCUT2D eigenvalue weighted by Crippen LogP contribution is 2.37. The molecule has 1 aliphatic rings. The van der Waals surface area contributed by atoms with Gasteiger partial charge < -0.3 is 9.26 Å². The number of aromatic nitrogens is 2. The van der Waals surface area contributed by atoms with Crippen LogP contribution in [0.2, 0.25) is 0 Å². The lowest BCUT2D eigenvalue weighted by Gasteiger charge is -2.18. The number of carbonyl (C=O) groups excluding carboxylic acids is 2. The topological polar surface area (TPSA) is 85.5 Å². The lowest BCUT2D eigenvalue weighted by Crippen LogP contribution is -2.34. The maximum atomic E-state index is 13.5. The second kappa shape index (κ2) is 8.26. The fourth-order valence-electron chi connectivity index (χ4n) is 3.51. The van der Waals surface area contributed by atoms with E-state index in [0.29, 0.717) is 27.0 Å². The second-order valence-corrected chi connectivity index (χ2v) is 8.97. The highest BCUT2D eigenvalue weighted by Gasteiger charge is 2.39. The summed E-state index contributed by atoms with van der Waals surface area (Å²) in [5, 5.41) is 4.57. The van der Waals surface area contributed by atoms with E-state index < -0.39 is 0 Å². The van der Waals surface area contributed by atoms with E-state index in [-0.39, 0.29) is 30.0 Å². The molecule has 0 aliphatic heterocycles. The molecular weight excluding hydrogens is 414 g/mol. The third-order valence-electron chi connectivity index (χ3n) is 5.33. The number of thiazole rings is 1. The number of hydrogen-bond acceptors (Lipinski definition) is 7. The molecule has 31 heavy (non-hydrogen) atoms. The molecule has 7 nitrogen and oxygen atoms in total. The molecule has 1 amide bonds. The lowest BCUT2D eigenvalue weighted by atomic mass is 10.1. The molecule has 2 heterocycles. The molecule has 1 fully saturated rings. The molecule has 8 heteroatoms. The first-order chi connectivity index (χ1) is 14.8. The molecule has 0 unspecified atom stereocenters. The van der Waals surface area contributed by atoms with E-state index >= 15 is 0 Å². The van der Waals surface area contributed by atoms with E-state index in [1.54, 1.807) is 18.7 Å². The number of amides is 1. The third kappa shape index (κ3) is 4.25. The highest BCUT2D eigenvalue weighted by molar-refractivity contribution is 7.17. The molecule has 1 aromatic carbocycles. The minimum Gasteiger partial charge on any atom is -0.488 e. The lowest BCUT2D eigenvalue weighted by molar-refractivity contribution is 0.0972. The van der Waals surface area contributed by atoms with Gasteiger partial charge in [-0.15, -0.1) is 0 Å². The Morgan fingerprint density at radius 2 is 1.97 bits per heavy atom. The van der Waals surface area contributed by atoms with E-state index in [0.717, 1.165) is 29.7 Å². The largest absolute Gasteiger partial charge is 0.488 e. The van der Waals surface area contributed by atoms with Crippen molar-refractivity contribution in [3.63, 3.8) is 0 Å². The first-order valence-corrected chi connectivity index (χ1v) is 11.0. The number of anilines is 1. The fraction of sp³-hybridized carbons (Fsp3) is 0.391. The van der Waals surface area contributed by atoms with Crippen molar-refractivity contribution in [1.29, 1.82) is 0 Å². The first kappa shape index (κ1) is 21.2. The zero-order valence-corrected chi connectivity index (χ0v) is 19.1. The van der Waals surface area contributed by atoms with E-state index in [9.17, 15) is 9.59 Å². The molecule has 162 valence electrons. The van der Waals surface area contributed by atoms with Gasteiger partial charge in [0.2, 0.25) is 0 Å². The maximum Gasteiger partial charge on any atom is 0.282 e. The summed E-state index contributed by atoms with van der Waals surface area (Å²) in [6, 6.07) is 6.02. The molecule has 0 saturated heterocycles. The van der Waals surface area contributed by atoms with Crippen molar-refractivity contribution in [3.8, 4) is 5.75 Å². The van der Waals surface area contributed by atoms with Crippen LogP contribution >= 0.6 is 11.3 Å². The number of rotatable bonds is 7. The highest BCUT2D eigenvalue weighted by atomic mass is 32.1. The first-order valence-electron chi connectivity index (χ1n) is 10.2. The average Bonchev–Trinajstić information content (AvgIpc) is 3.36. The van der Waals surface area contributed by atoms with Crippen LogP contribution in [0.3, 0.4) is 0 Å². The molecular formula is C23H25N3O4S. The van der Waals surface area contributed by atoms with Gasteiger partial charge in [-0.2, -0.15) is 0 Å². The van der Waals surface area contributed by atoms with E-state index in [1.165, 1.54) is 18.3 Å². The normalized spacial score (nSPS) is 13.3. The van der Waals surface area contributed by atoms with Crippen LogP contribution in [0, 0.1) is 27.7 Å². The Kier molecular flexibility index (Phi) is 5.66. The van der Waals surface area contributed by atoms with Gasteiger partial charge in [0.1, 0.15) is 18.1 Å². The number of nitrogens with zero attached hydrogens (tertiary/aromatic N) is 3. The number of benzene rings is 1. The average molecular weight is 440 g/mol. The zero-order chi connectivity index (χ0) is 22.3. The summed E-state index contributed by atoms with van der Waals surface area (Å²) in [6.07, 6.45) is 1.79. The van der Waals surface area contributed by atoms with Gasteiger partial charge in [0.15, 0.2) is 16.6 Å². The maximum absolute atomic E-state index is 13.5. The number of hydrogen-bond donors (Lipinski definition) is 0. The molecule has 0 atom stereocenters. The van der Waals surface area contributed by atoms with Gasteiger partial charge in [0.05, 0.1) is 16.1 Å². The summed E-state index contributed by atoms with van der Waals surface area (Å²) in [4.78, 5) is 32.1. The summed E-state index contributed by atoms with van der Waals surface area (Å²) in [6.45, 7) is 9.26. The summed E-state index contributed by atoms with van der Waals surface area (Å²) in [5.74, 6) is 0.973. The van der Waals surface area contributed by atoms with Crippen molar-refractivity contribution < 1.29 is 18.8 Å². The van der Waals surface area contributed by atoms with Crippen molar-refractivity contribution in [1.82, 2.24) is 10.1 Å². The molecule has 0 bridgehead atoms. The van der Waals surface area contributed by atoms with Gasteiger partial charge >= 0.3 is 0 Å². The number of aryl methyl sites for hydroxylation is 4. The van der Waals surface area contributed by atoms with Crippen molar-refractivity contribution in [3.05, 3.63) is 56.9 Å². The molecule has 1 saturated carbocycles. The van der Waals surface area contributed by atoms with Crippen LogP contribution in [0.4, 0.5) is 5.13 Å². The zero-order valence-electron chi connectivity index (χ0n) is 18.3. The van der Waals surface area contributed by atoms with Gasteiger partial charge in [-0.3, -0.25) is 14.5 Å². The van der Waals surface area contributed by atoms with Crippen molar-refractivity contribution >= 4 is 28.2 Å². The molecule has 4 rings (SSSR count). The second-order valence-electron chi connectivity index (χ2n) is 8.00. The molecule has 2 aromatic heterocycles. The van der Waals surface area contributed by atoms with Crippen molar-refractivity contribution in [2.24, 2.45) is 0 Å². The number of ether oxygens (including phenoxy) is 1. The van der Waals surface area contributed by atoms with Crippen molar-refractivity contribution in [2.45, 2.75) is 60.1 Å². The van der Waals surface area contributed by atoms with Crippen molar-refractivity contribution in [2.75, 3.05) is 4.90 Å². The Balaban J connectivity index is 1.62. The summed E-state index contributed by atoms with van der Waals surface area (Å²) >= 11 is 1.25. The van der Waals surface area contributed by atoms with Gasteiger partial charge in [-0.25, -0.2) is 4.98 Å². The third-order valence-corrected chi connectivity index (χ3v) is 6.59. The number of Topliss-reactive ketones (excluding diaryl/α,β-unsaturated/α-hetero) is 1. The predicted molar refractivity (Wildman–Crippen MR) is 118 cm³/mol. The Morgan fingerprint density at radius 1 is 1.23 bits per heavy atom. The summed E-state index contributed by atoms with van der Waals surface area (Å²) in [5.41, 5.74) is 3.67. The minimum atomic E-state index is -0.276. The van der Waals surface area contributed by atoms with E-state index in [1.807, 2.05) is 32.0 Å². The monoisotopic (exact) mass is 439 g/mol. The van der Waals surface area contributed by atoms with Crippen LogP contribution in [-0.2, 0) is 6.61 Å². The smallest absolute Gasteiger partial charge is 0.282 e. The minimum absolute atomic E-state index is 0.0516. The Hall–Kier alpha value is -3.00. The Bertz CT molecular complexity index is 1160. The summed E-state index contributed by atoms with van der Waals surface area (Å²) in [7, 11) is 0. The van der Waals surface area contributed by atoms with Crippen LogP contribution < -0.4 is 9.64 Å². The van der Waals surface area contributed by atoms with Crippen LogP contribution in [-0.4, -0.2) is 27.9 Å². The molecule has 3 aromatic rings. The van der Waals surface area contributed by atoms with Gasteiger partial charge in [0.25, 0.3) is 5.91 Å². The fourth-order valence-corrected chi connectivity index (χ4v) is 4.54. The van der Waals surface area contributed by atoms with Gasteiger partial charge in [-0.1, -0.05) is 34.2 Å². The molecule has 0 N–H and O–H groups in total. The molecule has 0 spiro atoms. The molecule has 1 aliphatic carbocycles. The SMILES string of the molecule is CC(=O)c1sc(N(C(=O)c2noc(C)c2COc2ccc(C)cc2C)C2CC2)nc1C. The predicted octanol–water partition coefficient (Wildman–Crippen LogP) is 4.96. The van der Waals surface area contributed by atoms with E-state index in [4.69, 9.17) is 9.26 Å². The van der Waals surface area contributed by atoms with Crippen LogP contribution in [0.5, 0.6) is 5.75 Å². The van der Waals surface area contributed by atoms with E-state index in [2.05, 4.69) is 10.1 Å². The van der Waals surface area contributed by atoms with Gasteiger partial charge in [-0.05, 0) is 52.2 Å². The number of ketones is 1. The number of carbonyl (C=O) groups is 2. The quantitative estimate of drug-likeness (QED) is 0.484. The van der Waals surface area contributed by atoms with Crippen LogP contribution in [0.15, 0.2) is 22.7 Å². The summed E-state index contributed by atoms with van der Waals surface area (Å²) < 4.78 is 11.4. The standard InChI is InChI=1S/C23H25N3O4S/c1-12-6-9-19(13(2)10-12)29-11-18-16(5)30-25-20(18)22(28)26(17-7-8-17)23-24-14(3)21(31-23)15(4)27/h6,9-10,17H,7-8,11H2,1-5H3. The Morgan fingerprint density at radius 3 is 2.58 bits per heavy atom. The molecule has 0 radical (unpaired) electrons.